The Balaban J connectivity index is 1.65. The van der Waals surface area contributed by atoms with E-state index in [2.05, 4.69) is 34.8 Å². The predicted molar refractivity (Wildman–Crippen MR) is 101 cm³/mol. The third-order valence-electron chi connectivity index (χ3n) is 5.03. The van der Waals surface area contributed by atoms with E-state index in [1.165, 1.54) is 0 Å². The SMILES string of the molecule is CCn1nccc1[C@@H]1OCC[C@H]1CNC(Cc1ccccc1)C(=O)NC. The average molecular weight is 356 g/mol. The Kier molecular flexibility index (Phi) is 6.41. The molecule has 0 aliphatic carbocycles. The molecule has 1 aromatic carbocycles. The summed E-state index contributed by atoms with van der Waals surface area (Å²) in [6, 6.07) is 11.9. The molecular formula is C20H28N4O2. The van der Waals surface area contributed by atoms with Crippen LogP contribution >= 0.6 is 0 Å². The van der Waals surface area contributed by atoms with Gasteiger partial charge in [0.25, 0.3) is 0 Å². The lowest BCUT2D eigenvalue weighted by Gasteiger charge is -2.23. The number of hydrogen-bond donors (Lipinski definition) is 2. The molecule has 1 saturated heterocycles. The zero-order valence-electron chi connectivity index (χ0n) is 15.5. The first-order valence-corrected chi connectivity index (χ1v) is 9.35. The fraction of sp³-hybridized carbons (Fsp3) is 0.500. The lowest BCUT2D eigenvalue weighted by atomic mass is 9.97. The molecule has 0 bridgehead atoms. The van der Waals surface area contributed by atoms with Crippen LogP contribution < -0.4 is 10.6 Å². The summed E-state index contributed by atoms with van der Waals surface area (Å²) in [5, 5.41) is 10.6. The van der Waals surface area contributed by atoms with Crippen molar-refractivity contribution < 1.29 is 9.53 Å². The average Bonchev–Trinajstić information content (AvgIpc) is 3.33. The van der Waals surface area contributed by atoms with E-state index < -0.39 is 0 Å². The van der Waals surface area contributed by atoms with Crippen LogP contribution in [0.3, 0.4) is 0 Å². The number of rotatable bonds is 8. The van der Waals surface area contributed by atoms with Gasteiger partial charge in [0.1, 0.15) is 6.10 Å². The third-order valence-corrected chi connectivity index (χ3v) is 5.03. The molecule has 2 aromatic rings. The molecule has 3 atom stereocenters. The van der Waals surface area contributed by atoms with Crippen LogP contribution in [-0.4, -0.2) is 41.9 Å². The Morgan fingerprint density at radius 2 is 2.15 bits per heavy atom. The van der Waals surface area contributed by atoms with Crippen LogP contribution in [0.2, 0.25) is 0 Å². The van der Waals surface area contributed by atoms with Crippen LogP contribution in [0.25, 0.3) is 0 Å². The Hall–Kier alpha value is -2.18. The topological polar surface area (TPSA) is 68.2 Å². The maximum absolute atomic E-state index is 12.3. The number of carbonyl (C=O) groups is 1. The van der Waals surface area contributed by atoms with Crippen molar-refractivity contribution in [2.45, 2.75) is 38.5 Å². The summed E-state index contributed by atoms with van der Waals surface area (Å²) < 4.78 is 7.98. The highest BCUT2D eigenvalue weighted by Gasteiger charge is 2.32. The number of benzene rings is 1. The summed E-state index contributed by atoms with van der Waals surface area (Å²) in [6.07, 6.45) is 3.52. The Labute approximate surface area is 154 Å². The Morgan fingerprint density at radius 3 is 2.88 bits per heavy atom. The van der Waals surface area contributed by atoms with E-state index in [1.807, 2.05) is 35.1 Å². The van der Waals surface area contributed by atoms with Gasteiger partial charge in [-0.15, -0.1) is 0 Å². The zero-order chi connectivity index (χ0) is 18.4. The van der Waals surface area contributed by atoms with Gasteiger partial charge in [-0.05, 0) is 31.4 Å². The van der Waals surface area contributed by atoms with Crippen LogP contribution in [0.5, 0.6) is 0 Å². The van der Waals surface area contributed by atoms with Crippen molar-refractivity contribution in [2.75, 3.05) is 20.2 Å². The number of hydrogen-bond acceptors (Lipinski definition) is 4. The molecule has 1 aromatic heterocycles. The second kappa shape index (κ2) is 8.96. The normalized spacial score (nSPS) is 20.8. The maximum Gasteiger partial charge on any atom is 0.237 e. The zero-order valence-corrected chi connectivity index (χ0v) is 15.5. The number of ether oxygens (including phenoxy) is 1. The highest BCUT2D eigenvalue weighted by atomic mass is 16.5. The van der Waals surface area contributed by atoms with E-state index in [9.17, 15) is 4.79 Å². The fourth-order valence-electron chi connectivity index (χ4n) is 3.59. The molecule has 1 fully saturated rings. The first-order chi connectivity index (χ1) is 12.7. The molecule has 2 heterocycles. The lowest BCUT2D eigenvalue weighted by Crippen LogP contribution is -2.46. The van der Waals surface area contributed by atoms with Crippen molar-refractivity contribution in [1.29, 1.82) is 0 Å². The molecule has 1 aliphatic heterocycles. The van der Waals surface area contributed by atoms with Gasteiger partial charge in [-0.3, -0.25) is 9.48 Å². The molecule has 2 N–H and O–H groups in total. The van der Waals surface area contributed by atoms with Gasteiger partial charge < -0.3 is 15.4 Å². The molecule has 1 aliphatic rings. The Morgan fingerprint density at radius 1 is 1.35 bits per heavy atom. The van der Waals surface area contributed by atoms with Gasteiger partial charge in [-0.2, -0.15) is 5.10 Å². The van der Waals surface area contributed by atoms with E-state index in [1.54, 1.807) is 7.05 Å². The van der Waals surface area contributed by atoms with Gasteiger partial charge in [-0.25, -0.2) is 0 Å². The molecule has 0 radical (unpaired) electrons. The van der Waals surface area contributed by atoms with Crippen molar-refractivity contribution in [3.63, 3.8) is 0 Å². The standard InChI is InChI=1S/C20H28N4O2/c1-3-24-18(9-11-23-24)19-16(10-12-26-19)14-22-17(20(25)21-2)13-15-7-5-4-6-8-15/h4-9,11,16-17,19,22H,3,10,12-14H2,1-2H3,(H,21,25)/t16-,17?,19+/m0/s1. The summed E-state index contributed by atoms with van der Waals surface area (Å²) in [4.78, 5) is 12.3. The summed E-state index contributed by atoms with van der Waals surface area (Å²) in [5.74, 6) is 0.350. The molecule has 1 unspecified atom stereocenters. The van der Waals surface area contributed by atoms with Crippen molar-refractivity contribution in [2.24, 2.45) is 5.92 Å². The number of nitrogens with one attached hydrogen (secondary N) is 2. The number of nitrogens with zero attached hydrogens (tertiary/aromatic N) is 2. The second-order valence-corrected chi connectivity index (χ2v) is 6.68. The molecular weight excluding hydrogens is 328 g/mol. The molecule has 140 valence electrons. The second-order valence-electron chi connectivity index (χ2n) is 6.68. The minimum Gasteiger partial charge on any atom is -0.372 e. The molecule has 26 heavy (non-hydrogen) atoms. The smallest absolute Gasteiger partial charge is 0.237 e. The van der Waals surface area contributed by atoms with E-state index in [-0.39, 0.29) is 18.1 Å². The van der Waals surface area contributed by atoms with E-state index in [4.69, 9.17) is 4.74 Å². The molecule has 6 nitrogen and oxygen atoms in total. The highest BCUT2D eigenvalue weighted by molar-refractivity contribution is 5.81. The van der Waals surface area contributed by atoms with Crippen LogP contribution in [0, 0.1) is 5.92 Å². The third kappa shape index (κ3) is 4.31. The first kappa shape index (κ1) is 18.6. The molecule has 0 spiro atoms. The predicted octanol–water partition coefficient (Wildman–Crippen LogP) is 1.93. The van der Waals surface area contributed by atoms with E-state index >= 15 is 0 Å². The van der Waals surface area contributed by atoms with Crippen LogP contribution in [0.1, 0.15) is 30.7 Å². The van der Waals surface area contributed by atoms with E-state index in [0.717, 1.165) is 37.4 Å². The largest absolute Gasteiger partial charge is 0.372 e. The summed E-state index contributed by atoms with van der Waals surface area (Å²) in [5.41, 5.74) is 2.27. The summed E-state index contributed by atoms with van der Waals surface area (Å²) in [7, 11) is 1.68. The molecule has 3 rings (SSSR count). The fourth-order valence-corrected chi connectivity index (χ4v) is 3.59. The minimum atomic E-state index is -0.250. The highest BCUT2D eigenvalue weighted by Crippen LogP contribution is 2.34. The van der Waals surface area contributed by atoms with Gasteiger partial charge in [0, 0.05) is 38.9 Å². The van der Waals surface area contributed by atoms with Crippen molar-refractivity contribution in [3.05, 3.63) is 53.9 Å². The van der Waals surface area contributed by atoms with Crippen LogP contribution in [-0.2, 0) is 22.5 Å². The molecule has 1 amide bonds. The van der Waals surface area contributed by atoms with Crippen molar-refractivity contribution >= 4 is 5.91 Å². The molecule has 0 saturated carbocycles. The number of likely N-dealkylation sites (N-methyl/N-ethyl adjacent to an activating group) is 1. The van der Waals surface area contributed by atoms with Gasteiger partial charge >= 0.3 is 0 Å². The van der Waals surface area contributed by atoms with Gasteiger partial charge in [0.05, 0.1) is 11.7 Å². The van der Waals surface area contributed by atoms with Crippen molar-refractivity contribution in [1.82, 2.24) is 20.4 Å². The summed E-state index contributed by atoms with van der Waals surface area (Å²) >= 11 is 0. The van der Waals surface area contributed by atoms with E-state index in [0.29, 0.717) is 12.3 Å². The van der Waals surface area contributed by atoms with Crippen molar-refractivity contribution in [3.8, 4) is 0 Å². The maximum atomic E-state index is 12.3. The number of amides is 1. The lowest BCUT2D eigenvalue weighted by molar-refractivity contribution is -0.122. The Bertz CT molecular complexity index is 701. The van der Waals surface area contributed by atoms with Gasteiger partial charge in [0.2, 0.25) is 5.91 Å². The number of aromatic nitrogens is 2. The van der Waals surface area contributed by atoms with Gasteiger partial charge in [-0.1, -0.05) is 30.3 Å². The van der Waals surface area contributed by atoms with Crippen LogP contribution in [0.15, 0.2) is 42.6 Å². The molecule has 6 heteroatoms. The monoisotopic (exact) mass is 356 g/mol. The first-order valence-electron chi connectivity index (χ1n) is 9.35. The minimum absolute atomic E-state index is 0.0166. The van der Waals surface area contributed by atoms with Crippen LogP contribution in [0.4, 0.5) is 0 Å². The quantitative estimate of drug-likeness (QED) is 0.758. The number of carbonyl (C=O) groups excluding carboxylic acids is 1. The number of aryl methyl sites for hydroxylation is 1. The van der Waals surface area contributed by atoms with Gasteiger partial charge in [0.15, 0.2) is 0 Å². The summed E-state index contributed by atoms with van der Waals surface area (Å²) in [6.45, 7) is 4.40.